The van der Waals surface area contributed by atoms with E-state index in [-0.39, 0.29) is 6.04 Å². The fraction of sp³-hybridized carbons (Fsp3) is 0.278. The second-order valence-corrected chi connectivity index (χ2v) is 5.78. The summed E-state index contributed by atoms with van der Waals surface area (Å²) in [4.78, 5) is 6.59. The molecular weight excluding hydrogens is 258 g/mol. The largest absolute Gasteiger partial charge is 0.369 e. The van der Waals surface area contributed by atoms with Gasteiger partial charge in [-0.3, -0.25) is 4.99 Å². The number of aryl methyl sites for hydroxylation is 3. The van der Waals surface area contributed by atoms with Gasteiger partial charge in [-0.05, 0) is 44.0 Å². The van der Waals surface area contributed by atoms with Gasteiger partial charge in [0.1, 0.15) is 0 Å². The van der Waals surface area contributed by atoms with Crippen LogP contribution in [0.15, 0.2) is 47.5 Å². The van der Waals surface area contributed by atoms with Crippen LogP contribution in [0.1, 0.15) is 28.3 Å². The van der Waals surface area contributed by atoms with Crippen molar-refractivity contribution in [1.82, 2.24) is 0 Å². The number of hydrogen-bond donors (Lipinski definition) is 1. The summed E-state index contributed by atoms with van der Waals surface area (Å²) in [5.74, 6) is 0.601. The zero-order valence-corrected chi connectivity index (χ0v) is 12.8. The van der Waals surface area contributed by atoms with E-state index in [4.69, 9.17) is 5.73 Å². The van der Waals surface area contributed by atoms with Crippen LogP contribution < -0.4 is 10.6 Å². The molecule has 2 N–H and O–H groups in total. The monoisotopic (exact) mass is 279 g/mol. The van der Waals surface area contributed by atoms with Crippen LogP contribution in [-0.4, -0.2) is 12.5 Å². The molecule has 0 saturated heterocycles. The number of anilines is 1. The normalized spacial score (nSPS) is 18.0. The summed E-state index contributed by atoms with van der Waals surface area (Å²) in [5.41, 5.74) is 12.4. The first-order valence-electron chi connectivity index (χ1n) is 7.29. The molecule has 0 spiro atoms. The van der Waals surface area contributed by atoms with Crippen LogP contribution in [0.3, 0.4) is 0 Å². The summed E-state index contributed by atoms with van der Waals surface area (Å²) in [6.07, 6.45) is 0. The van der Waals surface area contributed by atoms with Crippen LogP contribution in [0.4, 0.5) is 5.69 Å². The highest BCUT2D eigenvalue weighted by molar-refractivity contribution is 5.97. The van der Waals surface area contributed by atoms with Crippen LogP contribution >= 0.6 is 0 Å². The van der Waals surface area contributed by atoms with Crippen molar-refractivity contribution >= 4 is 11.6 Å². The van der Waals surface area contributed by atoms with E-state index in [9.17, 15) is 0 Å². The van der Waals surface area contributed by atoms with Crippen molar-refractivity contribution in [2.45, 2.75) is 26.8 Å². The van der Waals surface area contributed by atoms with E-state index in [2.05, 4.69) is 73.1 Å². The highest BCUT2D eigenvalue weighted by Gasteiger charge is 2.29. The van der Waals surface area contributed by atoms with Crippen molar-refractivity contribution in [3.05, 3.63) is 64.7 Å². The molecule has 3 nitrogen and oxygen atoms in total. The van der Waals surface area contributed by atoms with Crippen LogP contribution in [0.2, 0.25) is 0 Å². The molecule has 1 atom stereocenters. The van der Waals surface area contributed by atoms with E-state index in [0.29, 0.717) is 12.5 Å². The van der Waals surface area contributed by atoms with E-state index >= 15 is 0 Å². The van der Waals surface area contributed by atoms with E-state index in [1.54, 1.807) is 0 Å². The van der Waals surface area contributed by atoms with E-state index < -0.39 is 0 Å². The van der Waals surface area contributed by atoms with E-state index in [1.165, 1.54) is 22.3 Å². The first-order valence-corrected chi connectivity index (χ1v) is 7.29. The Bertz CT molecular complexity index is 686. The lowest BCUT2D eigenvalue weighted by molar-refractivity contribution is 0.762. The van der Waals surface area contributed by atoms with Gasteiger partial charge < -0.3 is 10.6 Å². The van der Waals surface area contributed by atoms with Gasteiger partial charge in [0.25, 0.3) is 0 Å². The third-order valence-electron chi connectivity index (χ3n) is 4.08. The maximum Gasteiger partial charge on any atom is 0.196 e. The van der Waals surface area contributed by atoms with E-state index in [0.717, 1.165) is 5.69 Å². The molecule has 1 unspecified atom stereocenters. The Kier molecular flexibility index (Phi) is 3.42. The lowest BCUT2D eigenvalue weighted by atomic mass is 9.98. The van der Waals surface area contributed by atoms with Crippen molar-refractivity contribution in [2.75, 3.05) is 11.4 Å². The Balaban J connectivity index is 2.00. The molecule has 0 aromatic heterocycles. The standard InChI is InChI=1S/C18H21N3/c1-12-4-7-15(8-5-12)21-17(11-20-18(21)19)16-9-6-13(2)10-14(16)3/h4-10,17H,11H2,1-3H3,(H2,19,20). The number of nitrogens with two attached hydrogens (primary N) is 1. The average molecular weight is 279 g/mol. The van der Waals surface area contributed by atoms with Crippen molar-refractivity contribution in [3.63, 3.8) is 0 Å². The molecule has 0 bridgehead atoms. The lowest BCUT2D eigenvalue weighted by Gasteiger charge is -2.28. The molecule has 2 aromatic rings. The Morgan fingerprint density at radius 3 is 2.33 bits per heavy atom. The Hall–Kier alpha value is -2.29. The Labute approximate surface area is 126 Å². The van der Waals surface area contributed by atoms with Crippen molar-refractivity contribution in [2.24, 2.45) is 10.7 Å². The first kappa shape index (κ1) is 13.7. The minimum atomic E-state index is 0.188. The predicted octanol–water partition coefficient (Wildman–Crippen LogP) is 3.49. The summed E-state index contributed by atoms with van der Waals surface area (Å²) in [7, 11) is 0. The van der Waals surface area contributed by atoms with Crippen LogP contribution in [0.5, 0.6) is 0 Å². The maximum atomic E-state index is 6.13. The fourth-order valence-electron chi connectivity index (χ4n) is 2.95. The fourth-order valence-corrected chi connectivity index (χ4v) is 2.95. The highest BCUT2D eigenvalue weighted by Crippen LogP contribution is 2.33. The molecule has 0 aliphatic carbocycles. The minimum absolute atomic E-state index is 0.188. The van der Waals surface area contributed by atoms with Crippen LogP contribution in [-0.2, 0) is 0 Å². The summed E-state index contributed by atoms with van der Waals surface area (Å²) in [5, 5.41) is 0. The SMILES string of the molecule is Cc1ccc(N2C(N)=NCC2c2ccc(C)cc2C)cc1. The molecule has 108 valence electrons. The number of guanidine groups is 1. The highest BCUT2D eigenvalue weighted by atomic mass is 15.3. The van der Waals surface area contributed by atoms with Crippen LogP contribution in [0, 0.1) is 20.8 Å². The van der Waals surface area contributed by atoms with Crippen LogP contribution in [0.25, 0.3) is 0 Å². The molecule has 0 saturated carbocycles. The van der Waals surface area contributed by atoms with E-state index in [1.807, 2.05) is 0 Å². The summed E-state index contributed by atoms with van der Waals surface area (Å²) in [6, 6.07) is 15.2. The summed E-state index contributed by atoms with van der Waals surface area (Å²) >= 11 is 0. The molecule has 21 heavy (non-hydrogen) atoms. The van der Waals surface area contributed by atoms with Gasteiger partial charge in [-0.25, -0.2) is 0 Å². The molecule has 3 rings (SSSR count). The van der Waals surface area contributed by atoms with Gasteiger partial charge >= 0.3 is 0 Å². The van der Waals surface area contributed by atoms with Crippen molar-refractivity contribution in [3.8, 4) is 0 Å². The summed E-state index contributed by atoms with van der Waals surface area (Å²) in [6.45, 7) is 7.08. The number of hydrogen-bond acceptors (Lipinski definition) is 3. The minimum Gasteiger partial charge on any atom is -0.369 e. The molecule has 2 aromatic carbocycles. The molecular formula is C18H21N3. The second kappa shape index (κ2) is 5.24. The van der Waals surface area contributed by atoms with Gasteiger partial charge in [-0.15, -0.1) is 0 Å². The summed E-state index contributed by atoms with van der Waals surface area (Å²) < 4.78 is 0. The van der Waals surface area contributed by atoms with Gasteiger partial charge in [0.2, 0.25) is 0 Å². The predicted molar refractivity (Wildman–Crippen MR) is 88.8 cm³/mol. The number of aliphatic imine (C=N–C) groups is 1. The molecule has 3 heteroatoms. The molecule has 0 radical (unpaired) electrons. The zero-order valence-electron chi connectivity index (χ0n) is 12.8. The molecule has 1 heterocycles. The molecule has 1 aliphatic rings. The maximum absolute atomic E-state index is 6.13. The number of nitrogens with zero attached hydrogens (tertiary/aromatic N) is 2. The topological polar surface area (TPSA) is 41.6 Å². The molecule has 0 amide bonds. The molecule has 1 aliphatic heterocycles. The first-order chi connectivity index (χ1) is 10.1. The average Bonchev–Trinajstić information content (AvgIpc) is 2.82. The Morgan fingerprint density at radius 2 is 1.67 bits per heavy atom. The lowest BCUT2D eigenvalue weighted by Crippen LogP contribution is -2.36. The van der Waals surface area contributed by atoms with Crippen molar-refractivity contribution < 1.29 is 0 Å². The molecule has 0 fully saturated rings. The van der Waals surface area contributed by atoms with Gasteiger partial charge in [0.05, 0.1) is 12.6 Å². The second-order valence-electron chi connectivity index (χ2n) is 5.78. The smallest absolute Gasteiger partial charge is 0.196 e. The third-order valence-corrected chi connectivity index (χ3v) is 4.08. The van der Waals surface area contributed by atoms with Crippen molar-refractivity contribution in [1.29, 1.82) is 0 Å². The number of rotatable bonds is 2. The van der Waals surface area contributed by atoms with Gasteiger partial charge in [-0.2, -0.15) is 0 Å². The van der Waals surface area contributed by atoms with Gasteiger partial charge in [0, 0.05) is 5.69 Å². The third kappa shape index (κ3) is 2.51. The zero-order chi connectivity index (χ0) is 15.0. The van der Waals surface area contributed by atoms with Gasteiger partial charge in [-0.1, -0.05) is 41.5 Å². The quantitative estimate of drug-likeness (QED) is 0.914. The van der Waals surface area contributed by atoms with Gasteiger partial charge in [0.15, 0.2) is 5.96 Å². The Morgan fingerprint density at radius 1 is 1.00 bits per heavy atom. The number of benzene rings is 2.